The minimum atomic E-state index is -0.982. The molecular weight excluding hydrogens is 211 g/mol. The van der Waals surface area contributed by atoms with Crippen LogP contribution in [0.2, 0.25) is 0 Å². The molecule has 0 aliphatic heterocycles. The molecule has 1 aromatic rings. The molecule has 0 aliphatic carbocycles. The van der Waals surface area contributed by atoms with Gasteiger partial charge in [0.05, 0.1) is 5.56 Å². The van der Waals surface area contributed by atoms with E-state index in [4.69, 9.17) is 5.11 Å². The van der Waals surface area contributed by atoms with Crippen molar-refractivity contribution in [2.45, 2.75) is 20.0 Å². The summed E-state index contributed by atoms with van der Waals surface area (Å²) in [4.78, 5) is 10.9. The molecule has 1 rings (SSSR count). The lowest BCUT2D eigenvalue weighted by Gasteiger charge is -2.07. The molecule has 0 heterocycles. The number of benzene rings is 1. The first-order valence-electron chi connectivity index (χ1n) is 4.82. The SMILES string of the molecule is CCPCc1cc(O)c(C)c(C(=O)O)c1. The third-order valence-electron chi connectivity index (χ3n) is 2.25. The van der Waals surface area contributed by atoms with E-state index in [9.17, 15) is 9.90 Å². The zero-order valence-electron chi connectivity index (χ0n) is 8.87. The normalized spacial score (nSPS) is 11.1. The highest BCUT2D eigenvalue weighted by molar-refractivity contribution is 7.37. The summed E-state index contributed by atoms with van der Waals surface area (Å²) in [5, 5.41) is 18.5. The average molecular weight is 226 g/mol. The Morgan fingerprint density at radius 3 is 2.67 bits per heavy atom. The molecule has 0 fully saturated rings. The second kappa shape index (κ2) is 5.13. The quantitative estimate of drug-likeness (QED) is 0.776. The number of hydrogen-bond acceptors (Lipinski definition) is 2. The number of carboxylic acid groups (broad SMARTS) is 1. The topological polar surface area (TPSA) is 57.5 Å². The van der Waals surface area contributed by atoms with Gasteiger partial charge in [-0.15, -0.1) is 8.58 Å². The van der Waals surface area contributed by atoms with Crippen LogP contribution in [0.25, 0.3) is 0 Å². The van der Waals surface area contributed by atoms with E-state index in [2.05, 4.69) is 6.92 Å². The molecule has 4 heteroatoms. The van der Waals surface area contributed by atoms with Gasteiger partial charge in [0.25, 0.3) is 0 Å². The van der Waals surface area contributed by atoms with Gasteiger partial charge in [-0.3, -0.25) is 0 Å². The van der Waals surface area contributed by atoms with Crippen molar-refractivity contribution in [3.8, 4) is 5.75 Å². The summed E-state index contributed by atoms with van der Waals surface area (Å²) in [5.74, 6) is -0.907. The predicted octanol–water partition coefficient (Wildman–Crippen LogP) is 2.60. The minimum absolute atomic E-state index is 0.0748. The molecule has 0 spiro atoms. The van der Waals surface area contributed by atoms with Gasteiger partial charge in [0, 0.05) is 5.56 Å². The lowest BCUT2D eigenvalue weighted by atomic mass is 10.0. The Balaban J connectivity index is 3.06. The van der Waals surface area contributed by atoms with Crippen molar-refractivity contribution in [1.82, 2.24) is 0 Å². The molecule has 0 aromatic heterocycles. The van der Waals surface area contributed by atoms with E-state index in [0.29, 0.717) is 5.56 Å². The van der Waals surface area contributed by atoms with E-state index >= 15 is 0 Å². The molecule has 1 unspecified atom stereocenters. The number of carbonyl (C=O) groups is 1. The van der Waals surface area contributed by atoms with E-state index in [1.54, 1.807) is 19.1 Å². The molecule has 2 N–H and O–H groups in total. The van der Waals surface area contributed by atoms with Crippen LogP contribution < -0.4 is 0 Å². The maximum atomic E-state index is 10.9. The van der Waals surface area contributed by atoms with Crippen molar-refractivity contribution in [3.63, 3.8) is 0 Å². The van der Waals surface area contributed by atoms with Gasteiger partial charge in [-0.25, -0.2) is 4.79 Å². The fourth-order valence-corrected chi connectivity index (χ4v) is 2.09. The highest BCUT2D eigenvalue weighted by atomic mass is 31.1. The largest absolute Gasteiger partial charge is 0.508 e. The number of hydrogen-bond donors (Lipinski definition) is 2. The van der Waals surface area contributed by atoms with Crippen molar-refractivity contribution in [3.05, 3.63) is 28.8 Å². The van der Waals surface area contributed by atoms with Gasteiger partial charge < -0.3 is 10.2 Å². The molecule has 0 saturated carbocycles. The number of phenolic OH excluding ortho intramolecular Hbond substituents is 1. The third kappa shape index (κ3) is 2.93. The smallest absolute Gasteiger partial charge is 0.336 e. The van der Waals surface area contributed by atoms with E-state index in [0.717, 1.165) is 26.5 Å². The van der Waals surface area contributed by atoms with Crippen LogP contribution in [0.1, 0.15) is 28.4 Å². The Morgan fingerprint density at radius 2 is 2.13 bits per heavy atom. The predicted molar refractivity (Wildman–Crippen MR) is 62.4 cm³/mol. The van der Waals surface area contributed by atoms with Crippen LogP contribution in [-0.4, -0.2) is 22.3 Å². The lowest BCUT2D eigenvalue weighted by Crippen LogP contribution is -2.01. The molecule has 1 atom stereocenters. The summed E-state index contributed by atoms with van der Waals surface area (Å²) in [5.41, 5.74) is 1.53. The summed E-state index contributed by atoms with van der Waals surface area (Å²) in [6.07, 6.45) is 1.92. The Kier molecular flexibility index (Phi) is 4.10. The number of phenols is 1. The maximum absolute atomic E-state index is 10.9. The summed E-state index contributed by atoms with van der Waals surface area (Å²) in [6, 6.07) is 3.31. The standard InChI is InChI=1S/C11H15O3P/c1-3-15-6-8-4-9(11(13)14)7(2)10(12)5-8/h4-5,12,15H,3,6H2,1-2H3,(H,13,14). The fraction of sp³-hybridized carbons (Fsp3) is 0.364. The van der Waals surface area contributed by atoms with Crippen molar-refractivity contribution >= 4 is 14.6 Å². The highest BCUT2D eigenvalue weighted by Gasteiger charge is 2.11. The van der Waals surface area contributed by atoms with Crippen LogP contribution in [0, 0.1) is 6.92 Å². The molecule has 0 radical (unpaired) electrons. The Morgan fingerprint density at radius 1 is 1.47 bits per heavy atom. The number of aromatic carboxylic acids is 1. The van der Waals surface area contributed by atoms with Crippen LogP contribution in [-0.2, 0) is 6.16 Å². The van der Waals surface area contributed by atoms with E-state index in [-0.39, 0.29) is 11.3 Å². The fourth-order valence-electron chi connectivity index (χ4n) is 1.35. The van der Waals surface area contributed by atoms with Crippen LogP contribution in [0.15, 0.2) is 12.1 Å². The number of carboxylic acids is 1. The van der Waals surface area contributed by atoms with E-state index in [1.165, 1.54) is 0 Å². The van der Waals surface area contributed by atoms with Crippen molar-refractivity contribution < 1.29 is 15.0 Å². The van der Waals surface area contributed by atoms with E-state index < -0.39 is 5.97 Å². The first-order chi connectivity index (χ1) is 7.06. The molecule has 1 aromatic carbocycles. The molecule has 0 amide bonds. The van der Waals surface area contributed by atoms with Crippen LogP contribution in [0.4, 0.5) is 0 Å². The van der Waals surface area contributed by atoms with Gasteiger partial charge >= 0.3 is 5.97 Å². The minimum Gasteiger partial charge on any atom is -0.508 e. The summed E-state index contributed by atoms with van der Waals surface area (Å²) in [6.45, 7) is 3.70. The summed E-state index contributed by atoms with van der Waals surface area (Å²) in [7, 11) is 0.771. The first kappa shape index (κ1) is 12.0. The zero-order valence-corrected chi connectivity index (χ0v) is 9.87. The lowest BCUT2D eigenvalue weighted by molar-refractivity contribution is 0.0695. The molecule has 0 saturated heterocycles. The van der Waals surface area contributed by atoms with Gasteiger partial charge in [0.2, 0.25) is 0 Å². The summed E-state index contributed by atoms with van der Waals surface area (Å²) < 4.78 is 0. The second-order valence-corrected chi connectivity index (χ2v) is 4.93. The van der Waals surface area contributed by atoms with Gasteiger partial charge in [-0.2, -0.15) is 0 Å². The Labute approximate surface area is 90.9 Å². The third-order valence-corrected chi connectivity index (χ3v) is 3.41. The molecule has 0 bridgehead atoms. The average Bonchev–Trinajstić information content (AvgIpc) is 2.19. The highest BCUT2D eigenvalue weighted by Crippen LogP contribution is 2.26. The second-order valence-electron chi connectivity index (χ2n) is 3.37. The van der Waals surface area contributed by atoms with Crippen LogP contribution >= 0.6 is 8.58 Å². The molecule has 0 aliphatic rings. The van der Waals surface area contributed by atoms with Crippen molar-refractivity contribution in [2.24, 2.45) is 0 Å². The van der Waals surface area contributed by atoms with Gasteiger partial charge in [-0.1, -0.05) is 6.92 Å². The van der Waals surface area contributed by atoms with Gasteiger partial charge in [-0.05, 0) is 36.9 Å². The monoisotopic (exact) mass is 226 g/mol. The molecular formula is C11H15O3P. The zero-order chi connectivity index (χ0) is 11.4. The van der Waals surface area contributed by atoms with Gasteiger partial charge in [0.1, 0.15) is 5.75 Å². The Bertz CT molecular complexity index is 374. The van der Waals surface area contributed by atoms with Crippen LogP contribution in [0.3, 0.4) is 0 Å². The molecule has 3 nitrogen and oxygen atoms in total. The van der Waals surface area contributed by atoms with Crippen LogP contribution in [0.5, 0.6) is 5.75 Å². The van der Waals surface area contributed by atoms with Crippen molar-refractivity contribution in [2.75, 3.05) is 6.16 Å². The summed E-state index contributed by atoms with van der Waals surface area (Å²) >= 11 is 0. The van der Waals surface area contributed by atoms with Gasteiger partial charge in [0.15, 0.2) is 0 Å². The maximum Gasteiger partial charge on any atom is 0.336 e. The van der Waals surface area contributed by atoms with E-state index in [1.807, 2.05) is 0 Å². The number of rotatable bonds is 4. The first-order valence-corrected chi connectivity index (χ1v) is 6.24. The Hall–Kier alpha value is -1.08. The molecule has 15 heavy (non-hydrogen) atoms. The molecule has 82 valence electrons. The number of aromatic hydroxyl groups is 1. The van der Waals surface area contributed by atoms with Crippen molar-refractivity contribution in [1.29, 1.82) is 0 Å².